The van der Waals surface area contributed by atoms with Gasteiger partial charge in [0.2, 0.25) is 0 Å². The lowest BCUT2D eigenvalue weighted by atomic mass is 9.81. The van der Waals surface area contributed by atoms with E-state index in [1.165, 1.54) is 32.1 Å². The van der Waals surface area contributed by atoms with Crippen LogP contribution in [-0.4, -0.2) is 74.4 Å². The Labute approximate surface area is 142 Å². The van der Waals surface area contributed by atoms with Crippen molar-refractivity contribution in [2.75, 3.05) is 32.7 Å². The molecule has 0 unspecified atom stereocenters. The summed E-state index contributed by atoms with van der Waals surface area (Å²) in [5, 5.41) is 17.6. The summed E-state index contributed by atoms with van der Waals surface area (Å²) in [5.74, 6) is -0.338. The Kier molecular flexibility index (Phi) is 4.30. The third-order valence-electron chi connectivity index (χ3n) is 6.36. The molecule has 2 saturated heterocycles. The van der Waals surface area contributed by atoms with Crippen molar-refractivity contribution in [3.8, 4) is 0 Å². The van der Waals surface area contributed by atoms with Gasteiger partial charge in [0.25, 0.3) is 0 Å². The summed E-state index contributed by atoms with van der Waals surface area (Å²) in [7, 11) is 0. The minimum atomic E-state index is -0.599. The minimum absolute atomic E-state index is 0.262. The van der Waals surface area contributed by atoms with Crippen LogP contribution in [0, 0.1) is 11.3 Å². The molecular weight excluding hydrogens is 306 g/mol. The molecule has 1 aromatic heterocycles. The van der Waals surface area contributed by atoms with Crippen LogP contribution in [0.3, 0.4) is 0 Å². The van der Waals surface area contributed by atoms with Gasteiger partial charge in [-0.3, -0.25) is 14.6 Å². The van der Waals surface area contributed by atoms with Crippen LogP contribution < -0.4 is 0 Å². The van der Waals surface area contributed by atoms with E-state index in [-0.39, 0.29) is 5.92 Å². The lowest BCUT2D eigenvalue weighted by Gasteiger charge is -2.33. The molecule has 1 N–H and O–H groups in total. The molecule has 7 nitrogen and oxygen atoms in total. The molecule has 0 spiro atoms. The van der Waals surface area contributed by atoms with E-state index in [0.29, 0.717) is 12.6 Å². The lowest BCUT2D eigenvalue weighted by molar-refractivity contribution is -0.149. The molecule has 0 radical (unpaired) electrons. The quantitative estimate of drug-likeness (QED) is 0.864. The van der Waals surface area contributed by atoms with E-state index in [4.69, 9.17) is 0 Å². The topological polar surface area (TPSA) is 74.5 Å². The number of fused-ring (bicyclic) bond motifs is 1. The third kappa shape index (κ3) is 2.84. The Morgan fingerprint density at radius 3 is 2.50 bits per heavy atom. The number of aliphatic carboxylic acids is 1. The van der Waals surface area contributed by atoms with Crippen LogP contribution in [0.2, 0.25) is 0 Å². The molecule has 0 aromatic carbocycles. The zero-order chi connectivity index (χ0) is 16.6. The van der Waals surface area contributed by atoms with Crippen molar-refractivity contribution in [3.63, 3.8) is 0 Å². The van der Waals surface area contributed by atoms with Gasteiger partial charge >= 0.3 is 5.97 Å². The summed E-state index contributed by atoms with van der Waals surface area (Å²) in [4.78, 5) is 16.9. The first-order chi connectivity index (χ1) is 11.7. The van der Waals surface area contributed by atoms with Crippen LogP contribution in [-0.2, 0) is 11.3 Å². The Morgan fingerprint density at radius 1 is 1.08 bits per heavy atom. The molecule has 0 bridgehead atoms. The largest absolute Gasteiger partial charge is 0.481 e. The van der Waals surface area contributed by atoms with E-state index in [2.05, 4.69) is 20.0 Å². The second-order valence-corrected chi connectivity index (χ2v) is 7.81. The average Bonchev–Trinajstić information content (AvgIpc) is 3.28. The van der Waals surface area contributed by atoms with Gasteiger partial charge in [0, 0.05) is 51.2 Å². The number of hydrogen-bond acceptors (Lipinski definition) is 5. The number of hydrogen-bond donors (Lipinski definition) is 1. The van der Waals surface area contributed by atoms with Gasteiger partial charge in [-0.05, 0) is 12.8 Å². The van der Waals surface area contributed by atoms with Crippen LogP contribution in [0.4, 0.5) is 0 Å². The zero-order valence-corrected chi connectivity index (χ0v) is 14.2. The number of carboxylic acid groups (broad SMARTS) is 1. The zero-order valence-electron chi connectivity index (χ0n) is 14.2. The van der Waals surface area contributed by atoms with Crippen molar-refractivity contribution in [1.29, 1.82) is 0 Å². The summed E-state index contributed by atoms with van der Waals surface area (Å²) in [6.45, 7) is 4.96. The van der Waals surface area contributed by atoms with Crippen LogP contribution in [0.25, 0.3) is 0 Å². The molecule has 2 aliphatic heterocycles. The summed E-state index contributed by atoms with van der Waals surface area (Å²) in [5.41, 5.74) is -0.565. The highest BCUT2D eigenvalue weighted by molar-refractivity contribution is 5.77. The number of likely N-dealkylation sites (tertiary alicyclic amines) is 2. The standard InChI is InChI=1S/C17H27N5O2/c23-16(24)17-10-20(6-7-21-12-18-19-13-21)8-14(17)9-22(11-17)15-4-2-1-3-5-15/h12-15H,1-11H2,(H,23,24)/t14-,17-/m1/s1. The number of carboxylic acids is 1. The summed E-state index contributed by atoms with van der Waals surface area (Å²) < 4.78 is 1.95. The molecule has 1 aliphatic carbocycles. The van der Waals surface area contributed by atoms with Crippen LogP contribution >= 0.6 is 0 Å². The maximum absolute atomic E-state index is 12.1. The van der Waals surface area contributed by atoms with Crippen molar-refractivity contribution >= 4 is 5.97 Å². The second-order valence-electron chi connectivity index (χ2n) is 7.81. The number of nitrogens with zero attached hydrogens (tertiary/aromatic N) is 5. The predicted octanol–water partition coefficient (Wildman–Crippen LogP) is 0.929. The van der Waals surface area contributed by atoms with E-state index < -0.39 is 11.4 Å². The molecule has 0 amide bonds. The van der Waals surface area contributed by atoms with Gasteiger partial charge in [0.05, 0.1) is 5.41 Å². The average molecular weight is 333 g/mol. The molecule has 132 valence electrons. The van der Waals surface area contributed by atoms with E-state index >= 15 is 0 Å². The smallest absolute Gasteiger partial charge is 0.312 e. The monoisotopic (exact) mass is 333 g/mol. The normalized spacial score (nSPS) is 32.2. The van der Waals surface area contributed by atoms with E-state index in [1.807, 2.05) is 4.57 Å². The van der Waals surface area contributed by atoms with Crippen molar-refractivity contribution in [2.24, 2.45) is 11.3 Å². The van der Waals surface area contributed by atoms with Gasteiger partial charge < -0.3 is 9.67 Å². The highest BCUT2D eigenvalue weighted by Gasteiger charge is 2.58. The van der Waals surface area contributed by atoms with Gasteiger partial charge in [-0.15, -0.1) is 10.2 Å². The molecular formula is C17H27N5O2. The van der Waals surface area contributed by atoms with E-state index in [9.17, 15) is 9.90 Å². The lowest BCUT2D eigenvalue weighted by Crippen LogP contribution is -2.43. The molecule has 3 fully saturated rings. The summed E-state index contributed by atoms with van der Waals surface area (Å²) >= 11 is 0. The maximum Gasteiger partial charge on any atom is 0.312 e. The maximum atomic E-state index is 12.1. The van der Waals surface area contributed by atoms with Crippen LogP contribution in [0.5, 0.6) is 0 Å². The van der Waals surface area contributed by atoms with Gasteiger partial charge in [-0.1, -0.05) is 19.3 Å². The molecule has 1 aromatic rings. The number of aromatic nitrogens is 3. The van der Waals surface area contributed by atoms with Gasteiger partial charge in [0.1, 0.15) is 12.7 Å². The van der Waals surface area contributed by atoms with Crippen molar-refractivity contribution in [2.45, 2.75) is 44.7 Å². The number of rotatable bonds is 5. The Hall–Kier alpha value is -1.47. The first-order valence-corrected chi connectivity index (χ1v) is 9.19. The fourth-order valence-electron chi connectivity index (χ4n) is 5.00. The Bertz CT molecular complexity index is 572. The highest BCUT2D eigenvalue weighted by Crippen LogP contribution is 2.44. The molecule has 2 atom stereocenters. The fourth-order valence-corrected chi connectivity index (χ4v) is 5.00. The fraction of sp³-hybridized carbons (Fsp3) is 0.824. The predicted molar refractivity (Wildman–Crippen MR) is 88.5 cm³/mol. The molecule has 24 heavy (non-hydrogen) atoms. The van der Waals surface area contributed by atoms with Crippen molar-refractivity contribution in [3.05, 3.63) is 12.7 Å². The Balaban J connectivity index is 1.40. The van der Waals surface area contributed by atoms with Crippen LogP contribution in [0.1, 0.15) is 32.1 Å². The Morgan fingerprint density at radius 2 is 1.83 bits per heavy atom. The molecule has 4 rings (SSSR count). The number of carbonyl (C=O) groups is 1. The third-order valence-corrected chi connectivity index (χ3v) is 6.36. The van der Waals surface area contributed by atoms with E-state index in [0.717, 1.165) is 32.7 Å². The van der Waals surface area contributed by atoms with Crippen LogP contribution in [0.15, 0.2) is 12.7 Å². The van der Waals surface area contributed by atoms with Gasteiger partial charge in [-0.25, -0.2) is 0 Å². The molecule has 3 aliphatic rings. The first-order valence-electron chi connectivity index (χ1n) is 9.19. The van der Waals surface area contributed by atoms with E-state index in [1.54, 1.807) is 12.7 Å². The molecule has 7 heteroatoms. The van der Waals surface area contributed by atoms with Crippen molar-refractivity contribution in [1.82, 2.24) is 24.6 Å². The SMILES string of the molecule is O=C(O)[C@@]12CN(CCn3cnnc3)C[C@@H]1CN(C1CCCCC1)C2. The van der Waals surface area contributed by atoms with Crippen molar-refractivity contribution < 1.29 is 9.90 Å². The summed E-state index contributed by atoms with van der Waals surface area (Å²) in [6.07, 6.45) is 9.88. The second kappa shape index (κ2) is 6.44. The first kappa shape index (κ1) is 16.0. The van der Waals surface area contributed by atoms with Gasteiger partial charge in [-0.2, -0.15) is 0 Å². The minimum Gasteiger partial charge on any atom is -0.481 e. The van der Waals surface area contributed by atoms with Gasteiger partial charge in [0.15, 0.2) is 0 Å². The molecule has 3 heterocycles. The molecule has 1 saturated carbocycles. The summed E-state index contributed by atoms with van der Waals surface area (Å²) in [6, 6.07) is 0.617. The highest BCUT2D eigenvalue weighted by atomic mass is 16.4.